The number of fused-ring (bicyclic) bond motifs is 1. The molecule has 1 aliphatic heterocycles. The molecule has 10 heteroatoms. The normalized spacial score (nSPS) is 12.1. The second-order valence-corrected chi connectivity index (χ2v) is 7.61. The number of nitrogens with zero attached hydrogens (tertiary/aromatic N) is 2. The van der Waals surface area contributed by atoms with E-state index < -0.39 is 23.0 Å². The van der Waals surface area contributed by atoms with Gasteiger partial charge in [0.2, 0.25) is 11.5 Å². The molecule has 0 unspecified atom stereocenters. The molecule has 0 fully saturated rings. The van der Waals surface area contributed by atoms with Gasteiger partial charge in [0.05, 0.1) is 26.9 Å². The fourth-order valence-electron chi connectivity index (χ4n) is 2.82. The van der Waals surface area contributed by atoms with Gasteiger partial charge in [-0.25, -0.2) is 8.78 Å². The summed E-state index contributed by atoms with van der Waals surface area (Å²) in [5.41, 5.74) is 4.57. The zero-order chi connectivity index (χ0) is 20.9. The minimum absolute atomic E-state index is 0.0372. The monoisotopic (exact) mass is 498 g/mol. The Hall–Kier alpha value is -2.64. The molecular weight excluding hydrogens is 491 g/mol. The van der Waals surface area contributed by atoms with Crippen LogP contribution in [0.4, 0.5) is 14.5 Å². The first-order valence-corrected chi connectivity index (χ1v) is 9.57. The van der Waals surface area contributed by atoms with Crippen LogP contribution in [0.3, 0.4) is 0 Å². The third kappa shape index (κ3) is 3.34. The van der Waals surface area contributed by atoms with Gasteiger partial charge in [-0.15, -0.1) is 0 Å². The number of aromatic nitrogens is 1. The Balaban J connectivity index is 1.89. The molecule has 0 amide bonds. The SMILES string of the molecule is Nc1ccc(F)c(C(=O)c2cn(Oc3c(Cl)cccc3Cl)c3c2=CC(Br)=[N+]=3)c1F. The molecule has 29 heavy (non-hydrogen) atoms. The average molecular weight is 500 g/mol. The van der Waals surface area contributed by atoms with E-state index in [1.807, 2.05) is 0 Å². The van der Waals surface area contributed by atoms with Crippen LogP contribution < -0.4 is 25.9 Å². The van der Waals surface area contributed by atoms with Crippen molar-refractivity contribution >= 4 is 61.3 Å². The highest BCUT2D eigenvalue weighted by molar-refractivity contribution is 9.18. The molecule has 2 aromatic carbocycles. The first kappa shape index (κ1) is 19.7. The van der Waals surface area contributed by atoms with Gasteiger partial charge in [0, 0.05) is 22.0 Å². The molecular formula is C19H9BrCl2F2N3O2+. The summed E-state index contributed by atoms with van der Waals surface area (Å²) in [6.07, 6.45) is 2.78. The van der Waals surface area contributed by atoms with Crippen molar-refractivity contribution in [1.82, 2.24) is 9.40 Å². The van der Waals surface area contributed by atoms with Gasteiger partial charge in [-0.1, -0.05) is 29.3 Å². The number of carbonyl (C=O) groups is 1. The van der Waals surface area contributed by atoms with E-state index in [0.29, 0.717) is 9.84 Å². The zero-order valence-electron chi connectivity index (χ0n) is 14.2. The Morgan fingerprint density at radius 2 is 1.86 bits per heavy atom. The molecule has 146 valence electrons. The lowest BCUT2D eigenvalue weighted by atomic mass is 10.0. The van der Waals surface area contributed by atoms with Crippen LogP contribution in [0, 0.1) is 11.6 Å². The molecule has 0 saturated carbocycles. The zero-order valence-corrected chi connectivity index (χ0v) is 17.3. The second-order valence-electron chi connectivity index (χ2n) is 5.98. The van der Waals surface area contributed by atoms with E-state index in [4.69, 9.17) is 33.8 Å². The van der Waals surface area contributed by atoms with Gasteiger partial charge in [0.15, 0.2) is 12.0 Å². The van der Waals surface area contributed by atoms with Crippen LogP contribution in [0.15, 0.2) is 36.5 Å². The molecule has 5 nitrogen and oxygen atoms in total. The highest BCUT2D eigenvalue weighted by atomic mass is 79.9. The number of halogens is 5. The van der Waals surface area contributed by atoms with Crippen molar-refractivity contribution in [1.29, 1.82) is 0 Å². The predicted octanol–water partition coefficient (Wildman–Crippen LogP) is 3.00. The van der Waals surface area contributed by atoms with Crippen LogP contribution in [0.5, 0.6) is 5.75 Å². The fraction of sp³-hybridized carbons (Fsp3) is 0. The molecule has 3 aromatic rings. The van der Waals surface area contributed by atoms with Crippen molar-refractivity contribution in [3.63, 3.8) is 0 Å². The Morgan fingerprint density at radius 1 is 1.17 bits per heavy atom. The lowest BCUT2D eigenvalue weighted by Crippen LogP contribution is -2.33. The van der Waals surface area contributed by atoms with Gasteiger partial charge < -0.3 is 5.73 Å². The smallest absolute Gasteiger partial charge is 0.396 e. The summed E-state index contributed by atoms with van der Waals surface area (Å²) in [5, 5.41) is 0.766. The predicted molar refractivity (Wildman–Crippen MR) is 110 cm³/mol. The maximum absolute atomic E-state index is 14.4. The lowest BCUT2D eigenvalue weighted by Gasteiger charge is -2.05. The number of nitrogen functional groups attached to an aromatic ring is 1. The molecule has 4 rings (SSSR count). The number of nitrogens with two attached hydrogens (primary N) is 1. The Bertz CT molecular complexity index is 1340. The molecule has 0 bridgehead atoms. The second kappa shape index (κ2) is 7.31. The molecule has 0 radical (unpaired) electrons. The minimum atomic E-state index is -1.13. The largest absolute Gasteiger partial charge is 0.423 e. The van der Waals surface area contributed by atoms with Crippen LogP contribution in [-0.2, 0) is 0 Å². The quantitative estimate of drug-likeness (QED) is 0.341. The highest BCUT2D eigenvalue weighted by Crippen LogP contribution is 2.32. The Kier molecular flexibility index (Phi) is 4.96. The van der Waals surface area contributed by atoms with E-state index in [9.17, 15) is 13.6 Å². The topological polar surface area (TPSA) is 71.3 Å². The summed E-state index contributed by atoms with van der Waals surface area (Å²) in [4.78, 5) is 18.7. The van der Waals surface area contributed by atoms with Crippen LogP contribution in [0.25, 0.3) is 6.08 Å². The molecule has 2 heterocycles. The molecule has 1 aliphatic rings. The van der Waals surface area contributed by atoms with E-state index >= 15 is 0 Å². The summed E-state index contributed by atoms with van der Waals surface area (Å²) in [5.74, 6) is -2.95. The summed E-state index contributed by atoms with van der Waals surface area (Å²) in [6.45, 7) is 0. The molecule has 0 saturated heterocycles. The van der Waals surface area contributed by atoms with Crippen molar-refractivity contribution in [2.45, 2.75) is 0 Å². The van der Waals surface area contributed by atoms with E-state index in [2.05, 4.69) is 20.6 Å². The first-order chi connectivity index (χ1) is 13.8. The maximum Gasteiger partial charge on any atom is 0.423 e. The minimum Gasteiger partial charge on any atom is -0.396 e. The van der Waals surface area contributed by atoms with Crippen LogP contribution >= 0.6 is 39.1 Å². The Labute approximate surface area is 180 Å². The maximum atomic E-state index is 14.4. The van der Waals surface area contributed by atoms with E-state index in [1.54, 1.807) is 18.2 Å². The Morgan fingerprint density at radius 3 is 2.55 bits per heavy atom. The first-order valence-electron chi connectivity index (χ1n) is 8.02. The van der Waals surface area contributed by atoms with Gasteiger partial charge in [0.25, 0.3) is 4.62 Å². The van der Waals surface area contributed by atoms with E-state index in [-0.39, 0.29) is 32.5 Å². The van der Waals surface area contributed by atoms with Gasteiger partial charge in [-0.05, 0) is 29.0 Å². The number of ketones is 1. The van der Waals surface area contributed by atoms with Crippen molar-refractivity contribution in [2.75, 3.05) is 5.73 Å². The number of benzene rings is 2. The lowest BCUT2D eigenvalue weighted by molar-refractivity contribution is 0.102. The number of hydrogen-bond acceptors (Lipinski definition) is 3. The number of carbonyl (C=O) groups excluding carboxylic acids is 1. The van der Waals surface area contributed by atoms with Crippen LogP contribution in [-0.4, -0.2) is 15.1 Å². The fourth-order valence-corrected chi connectivity index (χ4v) is 3.68. The van der Waals surface area contributed by atoms with Gasteiger partial charge in [0.1, 0.15) is 11.0 Å². The molecule has 0 spiro atoms. The van der Waals surface area contributed by atoms with Gasteiger partial charge in [-0.2, -0.15) is 4.67 Å². The third-order valence-corrected chi connectivity index (χ3v) is 5.17. The van der Waals surface area contributed by atoms with E-state index in [0.717, 1.165) is 16.9 Å². The standard InChI is InChI=1S/C19H9BrCl2F2N3O2/c20-14-6-8-9(17(28)15-12(23)4-5-13(25)16(15)24)7-27(19(8)26-14)29-18-10(21)2-1-3-11(18)22/h1-7H,25H2/q+1. The van der Waals surface area contributed by atoms with Gasteiger partial charge in [-0.3, -0.25) is 9.63 Å². The summed E-state index contributed by atoms with van der Waals surface area (Å²) in [6, 6.07) is 6.76. The van der Waals surface area contributed by atoms with Crippen molar-refractivity contribution in [3.8, 4) is 5.75 Å². The summed E-state index contributed by atoms with van der Waals surface area (Å²) in [7, 11) is 0. The average Bonchev–Trinajstić information content (AvgIpc) is 3.19. The van der Waals surface area contributed by atoms with Crippen LogP contribution in [0.2, 0.25) is 10.0 Å². The number of rotatable bonds is 4. The van der Waals surface area contributed by atoms with Crippen molar-refractivity contribution in [3.05, 3.63) is 80.0 Å². The van der Waals surface area contributed by atoms with Crippen molar-refractivity contribution < 1.29 is 18.4 Å². The summed E-state index contributed by atoms with van der Waals surface area (Å²) < 4.78 is 34.4. The molecule has 0 aliphatic carbocycles. The summed E-state index contributed by atoms with van der Waals surface area (Å²) >= 11 is 15.5. The molecule has 2 N–H and O–H groups in total. The highest BCUT2D eigenvalue weighted by Gasteiger charge is 2.30. The number of hydrogen-bond donors (Lipinski definition) is 1. The molecule has 0 atom stereocenters. The van der Waals surface area contributed by atoms with Gasteiger partial charge >= 0.3 is 5.49 Å². The van der Waals surface area contributed by atoms with Crippen molar-refractivity contribution in [2.24, 2.45) is 0 Å². The number of anilines is 1. The van der Waals surface area contributed by atoms with E-state index in [1.165, 1.54) is 12.3 Å². The van der Waals surface area contributed by atoms with Crippen LogP contribution in [0.1, 0.15) is 15.9 Å². The third-order valence-electron chi connectivity index (χ3n) is 4.16. The number of para-hydroxylation sites is 1. The molecule has 1 aromatic heterocycles.